The predicted octanol–water partition coefficient (Wildman–Crippen LogP) is 3.35. The summed E-state index contributed by atoms with van der Waals surface area (Å²) in [4.78, 5) is 10.3. The molecule has 0 aliphatic carbocycles. The molecule has 4 heteroatoms. The van der Waals surface area contributed by atoms with Crippen LogP contribution in [0.2, 0.25) is 0 Å². The van der Waals surface area contributed by atoms with E-state index in [9.17, 15) is 9.18 Å². The molecule has 0 saturated heterocycles. The van der Waals surface area contributed by atoms with Crippen LogP contribution in [0.3, 0.4) is 0 Å². The van der Waals surface area contributed by atoms with Gasteiger partial charge in [-0.2, -0.15) is 0 Å². The Morgan fingerprint density at radius 2 is 2.22 bits per heavy atom. The van der Waals surface area contributed by atoms with Crippen LogP contribution in [0.1, 0.15) is 25.8 Å². The molecule has 0 saturated carbocycles. The second kappa shape index (κ2) is 6.79. The summed E-state index contributed by atoms with van der Waals surface area (Å²) in [5, 5.41) is 8.46. The predicted molar refractivity (Wildman–Crippen MR) is 68.0 cm³/mol. The minimum absolute atomic E-state index is 0.197. The standard InChI is InChI=1S/C14H17FO3/c1-10(2)7-8-18-13-5-3-11(9-12(13)15)4-6-14(16)17/h3-6,9-10H,7-8H2,1-2H3,(H,16,17). The maximum Gasteiger partial charge on any atom is 0.328 e. The molecule has 0 aliphatic rings. The van der Waals surface area contributed by atoms with Crippen molar-refractivity contribution in [2.24, 2.45) is 5.92 Å². The Bertz CT molecular complexity index is 439. The lowest BCUT2D eigenvalue weighted by molar-refractivity contribution is -0.131. The van der Waals surface area contributed by atoms with Crippen molar-refractivity contribution < 1.29 is 19.0 Å². The van der Waals surface area contributed by atoms with Gasteiger partial charge in [-0.25, -0.2) is 9.18 Å². The molecule has 18 heavy (non-hydrogen) atoms. The van der Waals surface area contributed by atoms with E-state index in [-0.39, 0.29) is 5.75 Å². The number of hydrogen-bond acceptors (Lipinski definition) is 2. The summed E-state index contributed by atoms with van der Waals surface area (Å²) < 4.78 is 18.9. The van der Waals surface area contributed by atoms with Crippen LogP contribution >= 0.6 is 0 Å². The fraction of sp³-hybridized carbons (Fsp3) is 0.357. The molecular weight excluding hydrogens is 235 g/mol. The number of benzene rings is 1. The van der Waals surface area contributed by atoms with Crippen LogP contribution < -0.4 is 4.74 Å². The Morgan fingerprint density at radius 3 is 2.78 bits per heavy atom. The van der Waals surface area contributed by atoms with E-state index in [1.54, 1.807) is 6.07 Å². The zero-order valence-corrected chi connectivity index (χ0v) is 10.5. The highest BCUT2D eigenvalue weighted by atomic mass is 19.1. The SMILES string of the molecule is CC(C)CCOc1ccc(C=CC(=O)O)cc1F. The van der Waals surface area contributed by atoms with Crippen LogP contribution in [0.15, 0.2) is 24.3 Å². The molecule has 1 aromatic rings. The van der Waals surface area contributed by atoms with Gasteiger partial charge in [0, 0.05) is 6.08 Å². The minimum Gasteiger partial charge on any atom is -0.491 e. The monoisotopic (exact) mass is 252 g/mol. The van der Waals surface area contributed by atoms with E-state index in [0.717, 1.165) is 12.5 Å². The molecule has 1 aromatic carbocycles. The average Bonchev–Trinajstić information content (AvgIpc) is 2.28. The van der Waals surface area contributed by atoms with Gasteiger partial charge in [-0.3, -0.25) is 0 Å². The number of ether oxygens (including phenoxy) is 1. The lowest BCUT2D eigenvalue weighted by atomic mass is 10.1. The molecule has 0 atom stereocenters. The summed E-state index contributed by atoms with van der Waals surface area (Å²) >= 11 is 0. The van der Waals surface area contributed by atoms with Crippen LogP contribution in [0.25, 0.3) is 6.08 Å². The second-order valence-corrected chi connectivity index (χ2v) is 4.39. The van der Waals surface area contributed by atoms with Crippen LogP contribution in [0.4, 0.5) is 4.39 Å². The Kier molecular flexibility index (Phi) is 5.36. The van der Waals surface area contributed by atoms with Gasteiger partial charge in [-0.1, -0.05) is 19.9 Å². The fourth-order valence-electron chi connectivity index (χ4n) is 1.31. The maximum absolute atomic E-state index is 13.6. The molecule has 0 unspecified atom stereocenters. The van der Waals surface area contributed by atoms with Gasteiger partial charge in [0.2, 0.25) is 0 Å². The minimum atomic E-state index is -1.06. The van der Waals surface area contributed by atoms with Crippen LogP contribution in [-0.2, 0) is 4.79 Å². The highest BCUT2D eigenvalue weighted by molar-refractivity contribution is 5.85. The van der Waals surface area contributed by atoms with E-state index in [4.69, 9.17) is 9.84 Å². The number of carboxylic acids is 1. The third kappa shape index (κ3) is 4.99. The molecule has 0 amide bonds. The first-order valence-electron chi connectivity index (χ1n) is 5.82. The molecule has 0 heterocycles. The highest BCUT2D eigenvalue weighted by Gasteiger charge is 2.04. The summed E-state index contributed by atoms with van der Waals surface area (Å²) in [5.41, 5.74) is 0.492. The zero-order chi connectivity index (χ0) is 13.5. The van der Waals surface area contributed by atoms with E-state index in [0.29, 0.717) is 18.1 Å². The number of halogens is 1. The molecule has 1 rings (SSSR count). The number of carbonyl (C=O) groups is 1. The van der Waals surface area contributed by atoms with Gasteiger partial charge in [0.15, 0.2) is 11.6 Å². The van der Waals surface area contributed by atoms with Crippen molar-refractivity contribution in [3.05, 3.63) is 35.7 Å². The van der Waals surface area contributed by atoms with E-state index in [1.807, 2.05) is 0 Å². The Hall–Kier alpha value is -1.84. The summed E-state index contributed by atoms with van der Waals surface area (Å²) in [7, 11) is 0. The van der Waals surface area contributed by atoms with Crippen molar-refractivity contribution in [3.8, 4) is 5.75 Å². The van der Waals surface area contributed by atoms with Crippen molar-refractivity contribution in [1.29, 1.82) is 0 Å². The van der Waals surface area contributed by atoms with Crippen LogP contribution in [0, 0.1) is 11.7 Å². The summed E-state index contributed by atoms with van der Waals surface area (Å²) in [6.07, 6.45) is 3.16. The summed E-state index contributed by atoms with van der Waals surface area (Å²) in [6, 6.07) is 4.38. The number of hydrogen-bond donors (Lipinski definition) is 1. The van der Waals surface area contributed by atoms with E-state index < -0.39 is 11.8 Å². The Morgan fingerprint density at radius 1 is 1.50 bits per heavy atom. The molecule has 98 valence electrons. The van der Waals surface area contributed by atoms with Crippen molar-refractivity contribution >= 4 is 12.0 Å². The van der Waals surface area contributed by atoms with E-state index in [2.05, 4.69) is 13.8 Å². The van der Waals surface area contributed by atoms with Crippen molar-refractivity contribution in [2.75, 3.05) is 6.61 Å². The van der Waals surface area contributed by atoms with Crippen molar-refractivity contribution in [3.63, 3.8) is 0 Å². The van der Waals surface area contributed by atoms with Gasteiger partial charge in [-0.15, -0.1) is 0 Å². The average molecular weight is 252 g/mol. The lowest BCUT2D eigenvalue weighted by Gasteiger charge is -2.09. The molecule has 1 N–H and O–H groups in total. The van der Waals surface area contributed by atoms with Crippen molar-refractivity contribution in [2.45, 2.75) is 20.3 Å². The lowest BCUT2D eigenvalue weighted by Crippen LogP contribution is -2.02. The van der Waals surface area contributed by atoms with Gasteiger partial charge >= 0.3 is 5.97 Å². The highest BCUT2D eigenvalue weighted by Crippen LogP contribution is 2.19. The van der Waals surface area contributed by atoms with Gasteiger partial charge in [-0.05, 0) is 36.1 Å². The van der Waals surface area contributed by atoms with E-state index >= 15 is 0 Å². The first-order valence-corrected chi connectivity index (χ1v) is 5.82. The summed E-state index contributed by atoms with van der Waals surface area (Å²) in [6.45, 7) is 4.61. The van der Waals surface area contributed by atoms with Crippen LogP contribution in [0.5, 0.6) is 5.75 Å². The zero-order valence-electron chi connectivity index (χ0n) is 10.5. The molecule has 0 aliphatic heterocycles. The van der Waals surface area contributed by atoms with Crippen molar-refractivity contribution in [1.82, 2.24) is 0 Å². The molecule has 0 spiro atoms. The molecule has 0 fully saturated rings. The molecule has 0 radical (unpaired) electrons. The van der Waals surface area contributed by atoms with Gasteiger partial charge in [0.05, 0.1) is 6.61 Å². The largest absolute Gasteiger partial charge is 0.491 e. The topological polar surface area (TPSA) is 46.5 Å². The Labute approximate surface area is 106 Å². The van der Waals surface area contributed by atoms with Gasteiger partial charge in [0.25, 0.3) is 0 Å². The van der Waals surface area contributed by atoms with E-state index in [1.165, 1.54) is 18.2 Å². The third-order valence-electron chi connectivity index (χ3n) is 2.33. The first kappa shape index (κ1) is 14.2. The Balaban J connectivity index is 2.65. The maximum atomic E-state index is 13.6. The van der Waals surface area contributed by atoms with Crippen LogP contribution in [-0.4, -0.2) is 17.7 Å². The molecular formula is C14H17FO3. The molecule has 0 aromatic heterocycles. The fourth-order valence-corrected chi connectivity index (χ4v) is 1.31. The summed E-state index contributed by atoms with van der Waals surface area (Å²) in [5.74, 6) is -0.840. The molecule has 0 bridgehead atoms. The molecule has 3 nitrogen and oxygen atoms in total. The number of rotatable bonds is 6. The van der Waals surface area contributed by atoms with Gasteiger partial charge in [0.1, 0.15) is 0 Å². The quantitative estimate of drug-likeness (QED) is 0.790. The normalized spacial score (nSPS) is 11.1. The third-order valence-corrected chi connectivity index (χ3v) is 2.33. The second-order valence-electron chi connectivity index (χ2n) is 4.39. The number of aliphatic carboxylic acids is 1. The van der Waals surface area contributed by atoms with Gasteiger partial charge < -0.3 is 9.84 Å². The number of carboxylic acid groups (broad SMARTS) is 1. The smallest absolute Gasteiger partial charge is 0.328 e. The first-order chi connectivity index (χ1) is 8.49.